The highest BCUT2D eigenvalue weighted by molar-refractivity contribution is 6.09. The number of fused-ring (bicyclic) bond motifs is 3. The quantitative estimate of drug-likeness (QED) is 0.784. The van der Waals surface area contributed by atoms with Crippen molar-refractivity contribution in [1.82, 2.24) is 25.1 Å². The Labute approximate surface area is 151 Å². The highest BCUT2D eigenvalue weighted by atomic mass is 16.2. The van der Waals surface area contributed by atoms with Crippen molar-refractivity contribution < 1.29 is 4.79 Å². The van der Waals surface area contributed by atoms with Gasteiger partial charge >= 0.3 is 0 Å². The number of piperidine rings is 1. The van der Waals surface area contributed by atoms with Gasteiger partial charge in [-0.2, -0.15) is 5.10 Å². The molecule has 0 radical (unpaired) electrons. The van der Waals surface area contributed by atoms with E-state index in [-0.39, 0.29) is 5.92 Å². The highest BCUT2D eigenvalue weighted by Crippen LogP contribution is 2.34. The van der Waals surface area contributed by atoms with Gasteiger partial charge in [-0.05, 0) is 31.7 Å². The molecule has 1 saturated carbocycles. The largest absolute Gasteiger partial charge is 0.369 e. The normalized spacial score (nSPS) is 20.7. The number of carbonyl (C=O) groups is 1. The number of nitrogens with zero attached hydrogens (tertiary/aromatic N) is 5. The smallest absolute Gasteiger partial charge is 0.227 e. The van der Waals surface area contributed by atoms with E-state index in [9.17, 15) is 4.79 Å². The molecular formula is C19H22N6O. The van der Waals surface area contributed by atoms with E-state index in [0.29, 0.717) is 11.9 Å². The molecule has 0 bridgehead atoms. The molecule has 3 aromatic heterocycles. The number of hydrogen-bond donors (Lipinski definition) is 1. The Morgan fingerprint density at radius 3 is 3.00 bits per heavy atom. The van der Waals surface area contributed by atoms with Gasteiger partial charge < -0.3 is 9.80 Å². The van der Waals surface area contributed by atoms with Crippen molar-refractivity contribution in [3.05, 3.63) is 24.7 Å². The van der Waals surface area contributed by atoms with Crippen LogP contribution in [-0.2, 0) is 4.79 Å². The number of anilines is 1. The molecule has 1 saturated heterocycles. The minimum absolute atomic E-state index is 0.0590. The van der Waals surface area contributed by atoms with Gasteiger partial charge in [0, 0.05) is 43.1 Å². The molecule has 0 aromatic carbocycles. The summed E-state index contributed by atoms with van der Waals surface area (Å²) in [6.45, 7) is 1.68. The predicted molar refractivity (Wildman–Crippen MR) is 99.9 cm³/mol. The van der Waals surface area contributed by atoms with Crippen LogP contribution in [0.1, 0.15) is 25.7 Å². The standard InChI is InChI=1S/C19H22N6O/c1-24(13-4-5-13)19(26)12-3-2-8-25(11-12)16-10-22-23-15-9-21-18-14(17(15)16)6-7-20-18/h6-7,9-10,12-13,23H,2-5,8,11H2,1H3. The highest BCUT2D eigenvalue weighted by Gasteiger charge is 2.35. The van der Waals surface area contributed by atoms with Crippen LogP contribution in [0.15, 0.2) is 24.7 Å². The first-order valence-electron chi connectivity index (χ1n) is 9.31. The second kappa shape index (κ2) is 5.93. The Balaban J connectivity index is 1.51. The zero-order chi connectivity index (χ0) is 17.7. The number of aromatic amines is 1. The van der Waals surface area contributed by atoms with E-state index in [1.165, 1.54) is 0 Å². The number of amides is 1. The van der Waals surface area contributed by atoms with Gasteiger partial charge in [-0.1, -0.05) is 0 Å². The molecule has 3 aromatic rings. The van der Waals surface area contributed by atoms with Crippen LogP contribution in [0.4, 0.5) is 5.69 Å². The first kappa shape index (κ1) is 15.5. The SMILES string of the molecule is CN(C(=O)C1CCCN(c2cn[nH]c3cnc4nccc4c23)C1)C1CC1. The van der Waals surface area contributed by atoms with Crippen LogP contribution in [0.3, 0.4) is 0 Å². The molecule has 5 rings (SSSR count). The van der Waals surface area contributed by atoms with Crippen molar-refractivity contribution in [3.63, 3.8) is 0 Å². The summed E-state index contributed by atoms with van der Waals surface area (Å²) in [7, 11) is 1.96. The molecule has 2 fully saturated rings. The van der Waals surface area contributed by atoms with Gasteiger partial charge in [-0.15, -0.1) is 0 Å². The summed E-state index contributed by atoms with van der Waals surface area (Å²) < 4.78 is 0. The Hall–Kier alpha value is -2.70. The second-order valence-electron chi connectivity index (χ2n) is 7.45. The van der Waals surface area contributed by atoms with Crippen molar-refractivity contribution in [3.8, 4) is 0 Å². The van der Waals surface area contributed by atoms with Crippen LogP contribution in [0.5, 0.6) is 0 Å². The molecule has 7 nitrogen and oxygen atoms in total. The number of rotatable bonds is 3. The maximum absolute atomic E-state index is 12.8. The van der Waals surface area contributed by atoms with E-state index in [2.05, 4.69) is 25.1 Å². The third-order valence-electron chi connectivity index (χ3n) is 5.72. The van der Waals surface area contributed by atoms with Crippen LogP contribution < -0.4 is 4.90 Å². The van der Waals surface area contributed by atoms with E-state index in [0.717, 1.165) is 66.4 Å². The van der Waals surface area contributed by atoms with Crippen LogP contribution in [0, 0.1) is 5.92 Å². The molecule has 1 amide bonds. The summed E-state index contributed by atoms with van der Waals surface area (Å²) in [6, 6.07) is 2.46. The molecule has 26 heavy (non-hydrogen) atoms. The second-order valence-corrected chi connectivity index (χ2v) is 7.45. The van der Waals surface area contributed by atoms with Crippen LogP contribution in [0.25, 0.3) is 21.9 Å². The number of hydrogen-bond acceptors (Lipinski definition) is 5. The van der Waals surface area contributed by atoms with Gasteiger partial charge in [-0.25, -0.2) is 9.97 Å². The van der Waals surface area contributed by atoms with Crippen molar-refractivity contribution in [2.24, 2.45) is 5.92 Å². The molecule has 1 atom stereocenters. The van der Waals surface area contributed by atoms with Gasteiger partial charge in [0.2, 0.25) is 5.91 Å². The molecule has 1 aliphatic carbocycles. The van der Waals surface area contributed by atoms with E-state index in [1.807, 2.05) is 24.2 Å². The number of pyridine rings is 1. The summed E-state index contributed by atoms with van der Waals surface area (Å²) in [5.74, 6) is 0.349. The summed E-state index contributed by atoms with van der Waals surface area (Å²) in [6.07, 6.45) is 9.72. The van der Waals surface area contributed by atoms with Crippen LogP contribution in [-0.4, -0.2) is 57.2 Å². The summed E-state index contributed by atoms with van der Waals surface area (Å²) >= 11 is 0. The lowest BCUT2D eigenvalue weighted by molar-refractivity contribution is -0.134. The number of carbonyl (C=O) groups excluding carboxylic acids is 1. The zero-order valence-electron chi connectivity index (χ0n) is 14.9. The predicted octanol–water partition coefficient (Wildman–Crippen LogP) is 2.34. The molecule has 7 heteroatoms. The first-order chi connectivity index (χ1) is 12.7. The maximum Gasteiger partial charge on any atom is 0.227 e. The van der Waals surface area contributed by atoms with Crippen LogP contribution in [0.2, 0.25) is 0 Å². The van der Waals surface area contributed by atoms with Gasteiger partial charge in [0.15, 0.2) is 5.65 Å². The molecule has 1 N–H and O–H groups in total. The van der Waals surface area contributed by atoms with E-state index in [1.54, 1.807) is 12.4 Å². The van der Waals surface area contributed by atoms with E-state index >= 15 is 0 Å². The maximum atomic E-state index is 12.8. The lowest BCUT2D eigenvalue weighted by atomic mass is 9.95. The van der Waals surface area contributed by atoms with E-state index in [4.69, 9.17) is 0 Å². The lowest BCUT2D eigenvalue weighted by Crippen LogP contribution is -2.44. The molecule has 0 spiro atoms. The molecule has 4 heterocycles. The Bertz CT molecular complexity index is 978. The monoisotopic (exact) mass is 350 g/mol. The molecule has 1 aliphatic heterocycles. The fraction of sp³-hybridized carbons (Fsp3) is 0.474. The van der Waals surface area contributed by atoms with Gasteiger partial charge in [0.25, 0.3) is 0 Å². The molecule has 1 unspecified atom stereocenters. The van der Waals surface area contributed by atoms with Crippen molar-refractivity contribution in [2.45, 2.75) is 31.7 Å². The van der Waals surface area contributed by atoms with Crippen molar-refractivity contribution in [2.75, 3.05) is 25.0 Å². The van der Waals surface area contributed by atoms with Crippen LogP contribution >= 0.6 is 0 Å². The summed E-state index contributed by atoms with van der Waals surface area (Å²) in [4.78, 5) is 25.8. The Kier molecular flexibility index (Phi) is 3.55. The summed E-state index contributed by atoms with van der Waals surface area (Å²) in [5, 5.41) is 9.46. The first-order valence-corrected chi connectivity index (χ1v) is 9.31. The average Bonchev–Trinajstić information content (AvgIpc) is 3.43. The third kappa shape index (κ3) is 2.50. The number of aromatic nitrogens is 4. The molecule has 2 aliphatic rings. The van der Waals surface area contributed by atoms with Crippen molar-refractivity contribution >= 4 is 33.5 Å². The minimum Gasteiger partial charge on any atom is -0.369 e. The summed E-state index contributed by atoms with van der Waals surface area (Å²) in [5.41, 5.74) is 2.70. The third-order valence-corrected chi connectivity index (χ3v) is 5.72. The fourth-order valence-corrected chi connectivity index (χ4v) is 4.12. The number of H-pyrrole nitrogens is 1. The zero-order valence-corrected chi connectivity index (χ0v) is 14.9. The lowest BCUT2D eigenvalue weighted by Gasteiger charge is -2.35. The molecular weight excluding hydrogens is 328 g/mol. The molecule has 134 valence electrons. The van der Waals surface area contributed by atoms with Gasteiger partial charge in [-0.3, -0.25) is 9.89 Å². The topological polar surface area (TPSA) is 78.0 Å². The van der Waals surface area contributed by atoms with Crippen molar-refractivity contribution in [1.29, 1.82) is 0 Å². The van der Waals surface area contributed by atoms with E-state index < -0.39 is 0 Å². The Morgan fingerprint density at radius 1 is 1.27 bits per heavy atom. The minimum atomic E-state index is 0.0590. The van der Waals surface area contributed by atoms with Gasteiger partial charge in [0.1, 0.15) is 0 Å². The Morgan fingerprint density at radius 2 is 2.15 bits per heavy atom. The number of nitrogens with one attached hydrogen (secondary N) is 1. The average molecular weight is 350 g/mol. The van der Waals surface area contributed by atoms with Gasteiger partial charge in [0.05, 0.1) is 29.5 Å². The fourth-order valence-electron chi connectivity index (χ4n) is 4.12.